The number of carbonyl (C=O) groups is 1. The molecule has 1 aliphatic heterocycles. The Labute approximate surface area is 92.6 Å². The number of rotatable bonds is 3. The first-order valence-corrected chi connectivity index (χ1v) is 5.53. The maximum absolute atomic E-state index is 11.9. The molecule has 0 saturated carbocycles. The number of carbonyl (C=O) groups excluding carboxylic acids is 1. The highest BCUT2D eigenvalue weighted by molar-refractivity contribution is 5.82. The minimum atomic E-state index is -0.0593. The first-order valence-electron chi connectivity index (χ1n) is 5.53. The molecule has 1 rings (SSSR count). The number of piperazine rings is 1. The first-order chi connectivity index (χ1) is 6.82. The number of hydrogen-bond acceptors (Lipinski definition) is 3. The van der Waals surface area contributed by atoms with Gasteiger partial charge in [-0.3, -0.25) is 10.1 Å². The third-order valence-corrected chi connectivity index (χ3v) is 2.69. The van der Waals surface area contributed by atoms with Crippen molar-refractivity contribution in [1.82, 2.24) is 15.1 Å². The molecule has 1 atom stereocenters. The van der Waals surface area contributed by atoms with E-state index in [9.17, 15) is 4.79 Å². The van der Waals surface area contributed by atoms with Crippen LogP contribution in [0.15, 0.2) is 0 Å². The molecule has 88 valence electrons. The molecule has 0 aliphatic carbocycles. The van der Waals surface area contributed by atoms with Gasteiger partial charge in [0.1, 0.15) is 0 Å². The van der Waals surface area contributed by atoms with Gasteiger partial charge in [0.15, 0.2) is 0 Å². The zero-order valence-electron chi connectivity index (χ0n) is 10.5. The quantitative estimate of drug-likeness (QED) is 0.725. The van der Waals surface area contributed by atoms with Crippen molar-refractivity contribution in [2.75, 3.05) is 33.7 Å². The van der Waals surface area contributed by atoms with Gasteiger partial charge in [-0.05, 0) is 34.9 Å². The number of nitrogens with one attached hydrogen (secondary N) is 1. The Morgan fingerprint density at radius 3 is 2.67 bits per heavy atom. The van der Waals surface area contributed by atoms with E-state index in [0.29, 0.717) is 0 Å². The average Bonchev–Trinajstić information content (AvgIpc) is 2.08. The van der Waals surface area contributed by atoms with Gasteiger partial charge in [0, 0.05) is 25.2 Å². The summed E-state index contributed by atoms with van der Waals surface area (Å²) in [5, 5.41) is 3.32. The van der Waals surface area contributed by atoms with E-state index in [1.165, 1.54) is 0 Å². The monoisotopic (exact) mass is 213 g/mol. The van der Waals surface area contributed by atoms with Gasteiger partial charge in [0.25, 0.3) is 0 Å². The van der Waals surface area contributed by atoms with E-state index >= 15 is 0 Å². The highest BCUT2D eigenvalue weighted by atomic mass is 16.2. The molecule has 4 nitrogen and oxygen atoms in total. The highest BCUT2D eigenvalue weighted by Gasteiger charge is 2.35. The molecule has 0 aromatic carbocycles. The summed E-state index contributed by atoms with van der Waals surface area (Å²) in [4.78, 5) is 15.9. The Kier molecular flexibility index (Phi) is 3.73. The maximum Gasteiger partial charge on any atom is 0.239 e. The van der Waals surface area contributed by atoms with Crippen LogP contribution >= 0.6 is 0 Å². The molecule has 1 unspecified atom stereocenters. The summed E-state index contributed by atoms with van der Waals surface area (Å²) < 4.78 is 0. The van der Waals surface area contributed by atoms with Crippen LogP contribution in [-0.4, -0.2) is 61.0 Å². The summed E-state index contributed by atoms with van der Waals surface area (Å²) in [5.41, 5.74) is 0.0274. The number of nitrogens with zero attached hydrogens (tertiary/aromatic N) is 2. The normalized spacial score (nSPS) is 26.1. The zero-order valence-corrected chi connectivity index (χ0v) is 10.5. The average molecular weight is 213 g/mol. The van der Waals surface area contributed by atoms with E-state index < -0.39 is 0 Å². The molecular weight excluding hydrogens is 190 g/mol. The zero-order chi connectivity index (χ0) is 11.6. The molecule has 0 radical (unpaired) electrons. The van der Waals surface area contributed by atoms with Crippen LogP contribution in [0.4, 0.5) is 0 Å². The molecule has 1 aliphatic rings. The van der Waals surface area contributed by atoms with Crippen molar-refractivity contribution in [2.24, 2.45) is 0 Å². The van der Waals surface area contributed by atoms with Crippen LogP contribution in [0, 0.1) is 0 Å². The van der Waals surface area contributed by atoms with Crippen LogP contribution < -0.4 is 5.32 Å². The Hall–Kier alpha value is -0.610. The van der Waals surface area contributed by atoms with Gasteiger partial charge < -0.3 is 9.80 Å². The lowest BCUT2D eigenvalue weighted by Gasteiger charge is -2.42. The van der Waals surface area contributed by atoms with Crippen molar-refractivity contribution in [1.29, 1.82) is 0 Å². The summed E-state index contributed by atoms with van der Waals surface area (Å²) >= 11 is 0. The molecule has 0 aromatic heterocycles. The number of amides is 1. The lowest BCUT2D eigenvalue weighted by molar-refractivity contribution is -0.138. The summed E-state index contributed by atoms with van der Waals surface area (Å²) in [6, 6.07) is -0.0593. The minimum Gasteiger partial charge on any atom is -0.338 e. The van der Waals surface area contributed by atoms with Crippen molar-refractivity contribution in [3.8, 4) is 0 Å². The Balaban J connectivity index is 2.57. The predicted molar refractivity (Wildman–Crippen MR) is 61.8 cm³/mol. The second-order valence-corrected chi connectivity index (χ2v) is 5.31. The summed E-state index contributed by atoms with van der Waals surface area (Å²) in [5.74, 6) is 0.219. The second-order valence-electron chi connectivity index (χ2n) is 5.31. The van der Waals surface area contributed by atoms with Crippen molar-refractivity contribution < 1.29 is 4.79 Å². The standard InChI is InChI=1S/C11H23N3O/c1-9-10(15)14(7-6-13(4)5)8-11(2,3)12-9/h9,12H,6-8H2,1-5H3. The van der Waals surface area contributed by atoms with Crippen LogP contribution in [0.25, 0.3) is 0 Å². The summed E-state index contributed by atoms with van der Waals surface area (Å²) in [7, 11) is 4.06. The summed E-state index contributed by atoms with van der Waals surface area (Å²) in [6.45, 7) is 8.75. The van der Waals surface area contributed by atoms with E-state index in [-0.39, 0.29) is 17.5 Å². The van der Waals surface area contributed by atoms with Crippen molar-refractivity contribution >= 4 is 5.91 Å². The first kappa shape index (κ1) is 12.5. The van der Waals surface area contributed by atoms with E-state index in [2.05, 4.69) is 24.1 Å². The fraction of sp³-hybridized carbons (Fsp3) is 0.909. The van der Waals surface area contributed by atoms with Crippen LogP contribution in [0.3, 0.4) is 0 Å². The van der Waals surface area contributed by atoms with Crippen LogP contribution in [-0.2, 0) is 4.79 Å². The van der Waals surface area contributed by atoms with Gasteiger partial charge in [-0.25, -0.2) is 0 Å². The SMILES string of the molecule is CC1NC(C)(C)CN(CCN(C)C)C1=O. The van der Waals surface area contributed by atoms with Crippen molar-refractivity contribution in [3.05, 3.63) is 0 Å². The fourth-order valence-electron chi connectivity index (χ4n) is 2.03. The van der Waals surface area contributed by atoms with E-state index in [1.54, 1.807) is 0 Å². The van der Waals surface area contributed by atoms with E-state index in [0.717, 1.165) is 19.6 Å². The fourth-order valence-corrected chi connectivity index (χ4v) is 2.03. The van der Waals surface area contributed by atoms with Gasteiger partial charge >= 0.3 is 0 Å². The molecule has 1 heterocycles. The van der Waals surface area contributed by atoms with Gasteiger partial charge in [0.05, 0.1) is 6.04 Å². The topological polar surface area (TPSA) is 35.6 Å². The van der Waals surface area contributed by atoms with Gasteiger partial charge in [-0.2, -0.15) is 0 Å². The molecule has 1 N–H and O–H groups in total. The van der Waals surface area contributed by atoms with E-state index in [4.69, 9.17) is 0 Å². The van der Waals surface area contributed by atoms with Gasteiger partial charge in [-0.15, -0.1) is 0 Å². The second kappa shape index (κ2) is 4.49. The van der Waals surface area contributed by atoms with Crippen LogP contribution in [0.5, 0.6) is 0 Å². The molecule has 0 spiro atoms. The van der Waals surface area contributed by atoms with Crippen molar-refractivity contribution in [3.63, 3.8) is 0 Å². The molecule has 0 bridgehead atoms. The van der Waals surface area contributed by atoms with Crippen LogP contribution in [0.1, 0.15) is 20.8 Å². The smallest absolute Gasteiger partial charge is 0.239 e. The maximum atomic E-state index is 11.9. The molecular formula is C11H23N3O. The van der Waals surface area contributed by atoms with Crippen LogP contribution in [0.2, 0.25) is 0 Å². The highest BCUT2D eigenvalue weighted by Crippen LogP contribution is 2.14. The van der Waals surface area contributed by atoms with Gasteiger partial charge in [0.2, 0.25) is 5.91 Å². The molecule has 15 heavy (non-hydrogen) atoms. The third-order valence-electron chi connectivity index (χ3n) is 2.69. The van der Waals surface area contributed by atoms with Gasteiger partial charge in [-0.1, -0.05) is 0 Å². The Morgan fingerprint density at radius 2 is 2.13 bits per heavy atom. The molecule has 0 aromatic rings. The van der Waals surface area contributed by atoms with E-state index in [1.807, 2.05) is 25.9 Å². The Morgan fingerprint density at radius 1 is 1.53 bits per heavy atom. The van der Waals surface area contributed by atoms with Crippen molar-refractivity contribution in [2.45, 2.75) is 32.4 Å². The molecule has 4 heteroatoms. The Bertz CT molecular complexity index is 238. The summed E-state index contributed by atoms with van der Waals surface area (Å²) in [6.07, 6.45) is 0. The largest absolute Gasteiger partial charge is 0.338 e. The minimum absolute atomic E-state index is 0.0274. The third kappa shape index (κ3) is 3.47. The predicted octanol–water partition coefficient (Wildman–Crippen LogP) is 0.147. The molecule has 1 amide bonds. The number of likely N-dealkylation sites (N-methyl/N-ethyl adjacent to an activating group) is 1. The number of hydrogen-bond donors (Lipinski definition) is 1. The lowest BCUT2D eigenvalue weighted by atomic mass is 9.98. The lowest BCUT2D eigenvalue weighted by Crippen LogP contribution is -2.64. The molecule has 1 saturated heterocycles. The molecule has 1 fully saturated rings.